The summed E-state index contributed by atoms with van der Waals surface area (Å²) in [5, 5.41) is 8.63. The molecule has 0 radical (unpaired) electrons. The van der Waals surface area contributed by atoms with Gasteiger partial charge in [-0.05, 0) is 48.0 Å². The van der Waals surface area contributed by atoms with Crippen molar-refractivity contribution < 1.29 is 47.1 Å². The van der Waals surface area contributed by atoms with E-state index in [1.165, 1.54) is 0 Å². The minimum atomic E-state index is -1.94. The fourth-order valence-corrected chi connectivity index (χ4v) is 8.02. The van der Waals surface area contributed by atoms with Crippen molar-refractivity contribution in [3.8, 4) is 5.75 Å². The Hall–Kier alpha value is -0.000000000000000222. The molecule has 0 aliphatic rings. The molecule has 0 saturated carbocycles. The van der Waals surface area contributed by atoms with Crippen molar-refractivity contribution in [2.75, 3.05) is 0 Å². The van der Waals surface area contributed by atoms with Crippen LogP contribution in [0.3, 0.4) is 0 Å². The van der Waals surface area contributed by atoms with Crippen molar-refractivity contribution in [1.82, 2.24) is 0 Å². The number of benzene rings is 1. The minimum absolute atomic E-state index is 0. The van der Waals surface area contributed by atoms with Gasteiger partial charge in [0.1, 0.15) is 5.75 Å². The third-order valence-electron chi connectivity index (χ3n) is 3.12. The van der Waals surface area contributed by atoms with E-state index in [2.05, 4.69) is 41.5 Å². The van der Waals surface area contributed by atoms with E-state index >= 15 is 0 Å². The summed E-state index contributed by atoms with van der Waals surface area (Å²) in [6, 6.07) is 11.9. The average molecular weight is 438 g/mol. The Balaban J connectivity index is -0.000000171. The Labute approximate surface area is 168 Å². The number of para-hydroxylation sites is 1. The van der Waals surface area contributed by atoms with Crippen LogP contribution in [-0.2, 0) is 26.2 Å². The van der Waals surface area contributed by atoms with Gasteiger partial charge in [-0.1, -0.05) is 59.7 Å². The third-order valence-corrected chi connectivity index (χ3v) is 7.85. The van der Waals surface area contributed by atoms with Gasteiger partial charge in [0.25, 0.3) is 0 Å². The summed E-state index contributed by atoms with van der Waals surface area (Å²) in [7, 11) is -1.94. The van der Waals surface area contributed by atoms with Crippen LogP contribution < -0.4 is 0 Å². The molecule has 0 aromatic heterocycles. The van der Waals surface area contributed by atoms with Crippen LogP contribution in [0.15, 0.2) is 30.3 Å². The van der Waals surface area contributed by atoms with E-state index in [1.807, 2.05) is 6.07 Å². The molecule has 1 rings (SSSR count). The second-order valence-electron chi connectivity index (χ2n) is 7.35. The zero-order chi connectivity index (χ0) is 16.5. The minimum Gasteiger partial charge on any atom is -0.508 e. The van der Waals surface area contributed by atoms with Crippen LogP contribution in [0.5, 0.6) is 5.75 Å². The SMILES string of the molecule is CC(C)C[Si](O)(CC(C)C)CC(C)C.O.O.Oc1ccccc1.[Zr]. The van der Waals surface area contributed by atoms with Crippen LogP contribution in [0.1, 0.15) is 41.5 Å². The second kappa shape index (κ2) is 16.5. The average Bonchev–Trinajstić information content (AvgIpc) is 2.26. The zero-order valence-corrected chi connectivity index (χ0v) is 19.6. The molecule has 0 aliphatic heterocycles. The van der Waals surface area contributed by atoms with Gasteiger partial charge in [0.05, 0.1) is 0 Å². The number of aromatic hydroxyl groups is 1. The standard InChI is InChI=1S/C12H28OSi.C6H6O.2H2O.Zr/c1-10(2)7-14(13,8-11(3)4)9-12(5)6;7-6-4-2-1-3-5-6;;;/h10-13H,7-9H2,1-6H3;1-5,7H;2*1H2;. The van der Waals surface area contributed by atoms with Crippen LogP contribution in [-0.4, -0.2) is 29.2 Å². The fraction of sp³-hybridized carbons (Fsp3) is 0.667. The summed E-state index contributed by atoms with van der Waals surface area (Å²) in [6.45, 7) is 13.3. The van der Waals surface area contributed by atoms with Crippen molar-refractivity contribution >= 4 is 8.32 Å². The van der Waals surface area contributed by atoms with Gasteiger partial charge in [-0.3, -0.25) is 0 Å². The van der Waals surface area contributed by atoms with Crippen LogP contribution in [0.4, 0.5) is 0 Å². The number of phenols is 1. The van der Waals surface area contributed by atoms with Gasteiger partial charge in [-0.25, -0.2) is 0 Å². The van der Waals surface area contributed by atoms with Crippen molar-refractivity contribution in [3.05, 3.63) is 30.3 Å². The topological polar surface area (TPSA) is 103 Å². The number of rotatable bonds is 6. The van der Waals surface area contributed by atoms with E-state index in [9.17, 15) is 4.80 Å². The van der Waals surface area contributed by atoms with Crippen LogP contribution >= 0.6 is 0 Å². The molecule has 1 aromatic carbocycles. The summed E-state index contributed by atoms with van der Waals surface area (Å²) in [5.41, 5.74) is 0. The Bertz CT molecular complexity index is 346. The van der Waals surface area contributed by atoms with Crippen LogP contribution in [0.25, 0.3) is 0 Å². The van der Waals surface area contributed by atoms with Gasteiger partial charge in [-0.15, -0.1) is 0 Å². The van der Waals surface area contributed by atoms with E-state index in [4.69, 9.17) is 5.11 Å². The zero-order valence-electron chi connectivity index (χ0n) is 16.1. The molecule has 0 heterocycles. The van der Waals surface area contributed by atoms with E-state index in [0.29, 0.717) is 23.5 Å². The largest absolute Gasteiger partial charge is 0.508 e. The maximum Gasteiger partial charge on any atom is 0.189 e. The molecule has 0 fully saturated rings. The molecule has 24 heavy (non-hydrogen) atoms. The predicted octanol–water partition coefficient (Wildman–Crippen LogP) is 3.63. The van der Waals surface area contributed by atoms with Gasteiger partial charge in [0.15, 0.2) is 8.32 Å². The van der Waals surface area contributed by atoms with Gasteiger partial charge >= 0.3 is 0 Å². The van der Waals surface area contributed by atoms with Crippen molar-refractivity contribution in [2.24, 2.45) is 17.8 Å². The van der Waals surface area contributed by atoms with Crippen LogP contribution in [0.2, 0.25) is 18.1 Å². The summed E-state index contributed by atoms with van der Waals surface area (Å²) < 4.78 is 0. The first-order valence-corrected chi connectivity index (χ1v) is 10.7. The maximum absolute atomic E-state index is 10.7. The molecule has 4 nitrogen and oxygen atoms in total. The van der Waals surface area contributed by atoms with Crippen molar-refractivity contribution in [3.63, 3.8) is 0 Å². The molecule has 0 spiro atoms. The second-order valence-corrected chi connectivity index (χ2v) is 11.0. The molecule has 6 heteroatoms. The first-order chi connectivity index (χ1) is 9.64. The van der Waals surface area contributed by atoms with E-state index in [0.717, 1.165) is 18.1 Å². The molecular formula is C18H38O4SiZr. The molecule has 0 aliphatic carbocycles. The van der Waals surface area contributed by atoms with Gasteiger partial charge in [-0.2, -0.15) is 0 Å². The number of hydrogen-bond donors (Lipinski definition) is 2. The van der Waals surface area contributed by atoms with E-state index in [-0.39, 0.29) is 37.2 Å². The van der Waals surface area contributed by atoms with E-state index in [1.54, 1.807) is 24.3 Å². The Morgan fingerprint density at radius 3 is 1.21 bits per heavy atom. The quantitative estimate of drug-likeness (QED) is 0.663. The van der Waals surface area contributed by atoms with Crippen molar-refractivity contribution in [1.29, 1.82) is 0 Å². The maximum atomic E-state index is 10.7. The molecule has 0 unspecified atom stereocenters. The summed E-state index contributed by atoms with van der Waals surface area (Å²) in [6.07, 6.45) is 0. The first kappa shape index (κ1) is 31.7. The first-order valence-electron chi connectivity index (χ1n) is 8.11. The summed E-state index contributed by atoms with van der Waals surface area (Å²) >= 11 is 0. The summed E-state index contributed by atoms with van der Waals surface area (Å²) in [5.74, 6) is 2.25. The molecule has 1 aromatic rings. The number of hydrogen-bond acceptors (Lipinski definition) is 2. The molecule has 0 atom stereocenters. The fourth-order valence-electron chi connectivity index (χ4n) is 2.96. The van der Waals surface area contributed by atoms with Crippen LogP contribution in [0, 0.1) is 17.8 Å². The molecular weight excluding hydrogens is 400 g/mol. The monoisotopic (exact) mass is 436 g/mol. The third kappa shape index (κ3) is 18.3. The molecule has 6 N–H and O–H groups in total. The van der Waals surface area contributed by atoms with Gasteiger partial charge in [0.2, 0.25) is 0 Å². The normalized spacial score (nSPS) is 10.2. The predicted molar refractivity (Wildman–Crippen MR) is 102 cm³/mol. The van der Waals surface area contributed by atoms with Gasteiger partial charge in [0, 0.05) is 26.2 Å². The number of phenolic OH excluding ortho intramolecular Hbond substituents is 1. The molecule has 0 bridgehead atoms. The van der Waals surface area contributed by atoms with Gasteiger partial charge < -0.3 is 20.9 Å². The molecule has 0 amide bonds. The Morgan fingerprint density at radius 2 is 1.04 bits per heavy atom. The Morgan fingerprint density at radius 1 is 0.750 bits per heavy atom. The van der Waals surface area contributed by atoms with E-state index < -0.39 is 8.32 Å². The Kier molecular flexibility index (Phi) is 21.8. The summed E-state index contributed by atoms with van der Waals surface area (Å²) in [4.78, 5) is 10.7. The molecule has 142 valence electrons. The smallest absolute Gasteiger partial charge is 0.189 e. The molecule has 0 saturated heterocycles. The van der Waals surface area contributed by atoms with Crippen molar-refractivity contribution in [2.45, 2.75) is 59.7 Å².